The quantitative estimate of drug-likeness (QED) is 0.734. The first kappa shape index (κ1) is 15.4. The van der Waals surface area contributed by atoms with Gasteiger partial charge in [-0.25, -0.2) is 0 Å². The van der Waals surface area contributed by atoms with E-state index in [0.717, 1.165) is 22.8 Å². The molecule has 0 saturated carbocycles. The fourth-order valence-electron chi connectivity index (χ4n) is 1.91. The van der Waals surface area contributed by atoms with Gasteiger partial charge in [-0.15, -0.1) is 0 Å². The summed E-state index contributed by atoms with van der Waals surface area (Å²) in [5, 5.41) is 11.9. The van der Waals surface area contributed by atoms with Gasteiger partial charge in [-0.05, 0) is 59.5 Å². The highest BCUT2D eigenvalue weighted by Gasteiger charge is 2.10. The summed E-state index contributed by atoms with van der Waals surface area (Å²) in [6.45, 7) is 2.94. The van der Waals surface area contributed by atoms with Crippen molar-refractivity contribution in [2.75, 3.05) is 13.2 Å². The molecule has 1 unspecified atom stereocenters. The van der Waals surface area contributed by atoms with Gasteiger partial charge in [0.2, 0.25) is 0 Å². The second kappa shape index (κ2) is 8.48. The molecule has 0 spiro atoms. The van der Waals surface area contributed by atoms with E-state index in [2.05, 4.69) is 34.8 Å². The lowest BCUT2D eigenvalue weighted by atomic mass is 10.00. The molecule has 4 heteroatoms. The predicted molar refractivity (Wildman–Crippen MR) is 81.6 cm³/mol. The second-order valence-corrected chi connectivity index (χ2v) is 5.63. The Morgan fingerprint density at radius 3 is 2.83 bits per heavy atom. The maximum Gasteiger partial charge on any atom is 0.251 e. The van der Waals surface area contributed by atoms with Crippen molar-refractivity contribution < 1.29 is 9.90 Å². The fraction of sp³-hybridized carbons (Fsp3) is 0.500. The number of halogens is 1. The lowest BCUT2D eigenvalue weighted by Gasteiger charge is -2.15. The second-order valence-electron chi connectivity index (χ2n) is 4.39. The number of hydrogen-bond donors (Lipinski definition) is 2. The number of carbonyl (C=O) groups excluding carboxylic acids is 1. The summed E-state index contributed by atoms with van der Waals surface area (Å²) in [6, 6.07) is 7.53. The molecule has 2 N–H and O–H groups in total. The Hall–Kier alpha value is -0.620. The molecule has 1 atom stereocenters. The molecule has 1 aromatic carbocycles. The number of rotatable bonds is 7. The zero-order valence-electron chi connectivity index (χ0n) is 10.7. The zero-order valence-corrected chi connectivity index (χ0v) is 12.8. The normalized spacial score (nSPS) is 12.2. The van der Waals surface area contributed by atoms with Gasteiger partial charge in [0.25, 0.3) is 5.91 Å². The molecule has 1 aromatic rings. The Morgan fingerprint density at radius 2 is 2.22 bits per heavy atom. The van der Waals surface area contributed by atoms with E-state index in [1.54, 1.807) is 0 Å². The van der Waals surface area contributed by atoms with Gasteiger partial charge in [0.05, 0.1) is 0 Å². The first-order valence-electron chi connectivity index (χ1n) is 6.32. The van der Waals surface area contributed by atoms with Crippen molar-refractivity contribution in [3.05, 3.63) is 33.4 Å². The zero-order chi connectivity index (χ0) is 13.4. The molecule has 0 radical (unpaired) electrons. The van der Waals surface area contributed by atoms with E-state index >= 15 is 0 Å². The topological polar surface area (TPSA) is 49.3 Å². The Labute approximate surface area is 122 Å². The molecule has 0 fully saturated rings. The van der Waals surface area contributed by atoms with E-state index in [4.69, 9.17) is 5.11 Å². The average molecular weight is 361 g/mol. The minimum absolute atomic E-state index is 0.0347. The third-order valence-electron chi connectivity index (χ3n) is 2.87. The molecule has 1 rings (SSSR count). The summed E-state index contributed by atoms with van der Waals surface area (Å²) in [4.78, 5) is 11.9. The molecular formula is C14H20INO2. The number of amides is 1. The molecule has 1 amide bonds. The van der Waals surface area contributed by atoms with Gasteiger partial charge in [0, 0.05) is 22.3 Å². The van der Waals surface area contributed by atoms with Crippen LogP contribution in [0.15, 0.2) is 24.3 Å². The third kappa shape index (κ3) is 5.35. The van der Waals surface area contributed by atoms with Crippen LogP contribution in [0.3, 0.4) is 0 Å². The molecule has 18 heavy (non-hydrogen) atoms. The maximum absolute atomic E-state index is 11.9. The monoisotopic (exact) mass is 361 g/mol. The minimum atomic E-state index is -0.0347. The maximum atomic E-state index is 11.9. The van der Waals surface area contributed by atoms with Crippen molar-refractivity contribution in [2.24, 2.45) is 5.92 Å². The summed E-state index contributed by atoms with van der Waals surface area (Å²) in [6.07, 6.45) is 2.86. The molecule has 0 aromatic heterocycles. The fourth-order valence-corrected chi connectivity index (χ4v) is 2.45. The highest BCUT2D eigenvalue weighted by Crippen LogP contribution is 2.11. The van der Waals surface area contributed by atoms with Gasteiger partial charge in [0.15, 0.2) is 0 Å². The first-order chi connectivity index (χ1) is 8.67. The number of nitrogens with one attached hydrogen (secondary N) is 1. The van der Waals surface area contributed by atoms with E-state index in [1.165, 1.54) is 0 Å². The predicted octanol–water partition coefficient (Wildman–Crippen LogP) is 2.82. The van der Waals surface area contributed by atoms with Gasteiger partial charge in [0.1, 0.15) is 0 Å². The van der Waals surface area contributed by atoms with Crippen molar-refractivity contribution in [1.29, 1.82) is 0 Å². The van der Waals surface area contributed by atoms with Crippen LogP contribution >= 0.6 is 22.6 Å². The van der Waals surface area contributed by atoms with Crippen LogP contribution in [0.5, 0.6) is 0 Å². The molecule has 0 aliphatic rings. The molecule has 0 aliphatic heterocycles. The number of hydrogen-bond acceptors (Lipinski definition) is 2. The van der Waals surface area contributed by atoms with Gasteiger partial charge in [-0.3, -0.25) is 4.79 Å². The summed E-state index contributed by atoms with van der Waals surface area (Å²) in [5.41, 5.74) is 0.696. The number of aliphatic hydroxyl groups is 1. The van der Waals surface area contributed by atoms with Crippen LogP contribution in [0.2, 0.25) is 0 Å². The summed E-state index contributed by atoms with van der Waals surface area (Å²) in [7, 11) is 0. The van der Waals surface area contributed by atoms with Gasteiger partial charge < -0.3 is 10.4 Å². The van der Waals surface area contributed by atoms with Crippen molar-refractivity contribution in [3.8, 4) is 0 Å². The molecule has 3 nitrogen and oxygen atoms in total. The summed E-state index contributed by atoms with van der Waals surface area (Å²) >= 11 is 2.19. The molecule has 100 valence electrons. The highest BCUT2D eigenvalue weighted by atomic mass is 127. The van der Waals surface area contributed by atoms with Gasteiger partial charge in [-0.1, -0.05) is 19.4 Å². The number of benzene rings is 1. The van der Waals surface area contributed by atoms with E-state index in [-0.39, 0.29) is 12.5 Å². The van der Waals surface area contributed by atoms with Crippen molar-refractivity contribution >= 4 is 28.5 Å². The van der Waals surface area contributed by atoms with Crippen molar-refractivity contribution in [1.82, 2.24) is 5.32 Å². The highest BCUT2D eigenvalue weighted by molar-refractivity contribution is 14.1. The Balaban J connectivity index is 2.49. The summed E-state index contributed by atoms with van der Waals surface area (Å²) < 4.78 is 1.06. The van der Waals surface area contributed by atoms with Crippen LogP contribution in [0.25, 0.3) is 0 Å². The van der Waals surface area contributed by atoms with E-state index < -0.39 is 0 Å². The van der Waals surface area contributed by atoms with Crippen molar-refractivity contribution in [3.63, 3.8) is 0 Å². The molecule has 0 bridgehead atoms. The summed E-state index contributed by atoms with van der Waals surface area (Å²) in [5.74, 6) is 0.333. The van der Waals surface area contributed by atoms with Crippen molar-refractivity contribution in [2.45, 2.75) is 26.2 Å². The Morgan fingerprint density at radius 1 is 1.44 bits per heavy atom. The average Bonchev–Trinajstić information content (AvgIpc) is 2.36. The molecule has 0 aliphatic carbocycles. The lowest BCUT2D eigenvalue weighted by Crippen LogP contribution is -2.29. The molecule has 0 saturated heterocycles. The van der Waals surface area contributed by atoms with E-state index in [9.17, 15) is 4.79 Å². The third-order valence-corrected chi connectivity index (χ3v) is 3.54. The van der Waals surface area contributed by atoms with Crippen LogP contribution in [0.4, 0.5) is 0 Å². The van der Waals surface area contributed by atoms with Crippen LogP contribution in [-0.4, -0.2) is 24.2 Å². The minimum Gasteiger partial charge on any atom is -0.396 e. The van der Waals surface area contributed by atoms with Crippen LogP contribution in [-0.2, 0) is 0 Å². The van der Waals surface area contributed by atoms with Gasteiger partial charge >= 0.3 is 0 Å². The Kier molecular flexibility index (Phi) is 7.27. The van der Waals surface area contributed by atoms with E-state index in [0.29, 0.717) is 18.0 Å². The smallest absolute Gasteiger partial charge is 0.251 e. The SMILES string of the molecule is CCCC(CCO)CNC(=O)c1cccc(I)c1. The molecule has 0 heterocycles. The standard InChI is InChI=1S/C14H20INO2/c1-2-4-11(7-8-17)10-16-14(18)12-5-3-6-13(15)9-12/h3,5-6,9,11,17H,2,4,7-8,10H2,1H3,(H,16,18). The van der Waals surface area contributed by atoms with Crippen LogP contribution in [0, 0.1) is 9.49 Å². The number of aliphatic hydroxyl groups excluding tert-OH is 1. The number of carbonyl (C=O) groups is 1. The largest absolute Gasteiger partial charge is 0.396 e. The van der Waals surface area contributed by atoms with E-state index in [1.807, 2.05) is 24.3 Å². The molecular weight excluding hydrogens is 341 g/mol. The lowest BCUT2D eigenvalue weighted by molar-refractivity contribution is 0.0943. The van der Waals surface area contributed by atoms with Crippen LogP contribution < -0.4 is 5.32 Å². The first-order valence-corrected chi connectivity index (χ1v) is 7.39. The Bertz CT molecular complexity index is 376. The van der Waals surface area contributed by atoms with Gasteiger partial charge in [-0.2, -0.15) is 0 Å². The van der Waals surface area contributed by atoms with Crippen LogP contribution in [0.1, 0.15) is 36.5 Å².